The number of nitrogens with zero attached hydrogens (tertiary/aromatic N) is 2. The third-order valence-corrected chi connectivity index (χ3v) is 12.9. The van der Waals surface area contributed by atoms with E-state index in [0.29, 0.717) is 23.4 Å². The van der Waals surface area contributed by atoms with Crippen molar-refractivity contribution in [2.75, 3.05) is 0 Å². The quantitative estimate of drug-likeness (QED) is 0.176. The van der Waals surface area contributed by atoms with E-state index in [1.165, 1.54) is 6.07 Å². The summed E-state index contributed by atoms with van der Waals surface area (Å²) in [6.07, 6.45) is 3.78. The second-order valence-corrected chi connectivity index (χ2v) is 16.3. The Balaban J connectivity index is 0.000000204. The van der Waals surface area contributed by atoms with Gasteiger partial charge in [0.25, 0.3) is 0 Å². The van der Waals surface area contributed by atoms with E-state index >= 15 is 0 Å². The van der Waals surface area contributed by atoms with Gasteiger partial charge in [-0.05, 0) is 106 Å². The number of aryl methyl sites for hydroxylation is 1. The molecule has 2 N–H and O–H groups in total. The SMILES string of the molecule is NC(=O)c1ccccc1-c1ccn2ccncc12.O=S(=O)(c1cccc(C(F)(F)F)c1)C1CCc2c(ccc3c2cc(-c2ccccc2)c2c(Cl)cccc23)C1. The Bertz CT molecular complexity index is 2910. The van der Waals surface area contributed by atoms with Crippen LogP contribution in [0.5, 0.6) is 0 Å². The molecule has 1 unspecified atom stereocenters. The third-order valence-electron chi connectivity index (χ3n) is 10.4. The van der Waals surface area contributed by atoms with Gasteiger partial charge < -0.3 is 10.1 Å². The maximum absolute atomic E-state index is 13.4. The summed E-state index contributed by atoms with van der Waals surface area (Å²) in [5.41, 5.74) is 11.7. The van der Waals surface area contributed by atoms with Gasteiger partial charge in [-0.25, -0.2) is 8.42 Å². The lowest BCUT2D eigenvalue weighted by molar-refractivity contribution is -0.137. The normalized spacial score (nSPS) is 14.3. The maximum atomic E-state index is 13.4. The molecule has 1 aliphatic carbocycles. The summed E-state index contributed by atoms with van der Waals surface area (Å²) < 4.78 is 68.5. The third kappa shape index (κ3) is 6.80. The standard InChI is InChI=1S/C31H22ClF3O2S.C14H11N3O/c32-29-11-5-10-26-25-14-12-20-16-23(38(36,37)22-9-4-8-21(17-22)31(33,34)35)13-15-24(20)28(25)18-27(30(26)29)19-6-2-1-3-7-19;15-14(18)12-4-2-1-3-10(12)11-5-7-17-8-6-16-9-13(11)17/h1-12,14,17-18,23H,13,15-16H2;1-9H,(H2,15,18). The van der Waals surface area contributed by atoms with Crippen LogP contribution < -0.4 is 5.73 Å². The number of hydrogen-bond acceptors (Lipinski definition) is 4. The van der Waals surface area contributed by atoms with Crippen molar-refractivity contribution in [3.8, 4) is 22.3 Å². The van der Waals surface area contributed by atoms with Gasteiger partial charge in [-0.1, -0.05) is 90.5 Å². The maximum Gasteiger partial charge on any atom is 0.416 e. The molecular formula is C45H33ClF3N3O3S. The smallest absolute Gasteiger partial charge is 0.366 e. The van der Waals surface area contributed by atoms with Crippen molar-refractivity contribution in [2.45, 2.75) is 35.6 Å². The number of carbonyl (C=O) groups excluding carboxylic acids is 1. The molecule has 6 aromatic carbocycles. The zero-order valence-electron chi connectivity index (χ0n) is 29.7. The number of benzene rings is 6. The van der Waals surface area contributed by atoms with Crippen molar-refractivity contribution in [1.29, 1.82) is 0 Å². The number of sulfone groups is 1. The summed E-state index contributed by atoms with van der Waals surface area (Å²) in [6, 6.07) is 35.3. The first kappa shape index (κ1) is 37.0. The lowest BCUT2D eigenvalue weighted by atomic mass is 9.84. The fourth-order valence-electron chi connectivity index (χ4n) is 7.75. The molecule has 0 saturated carbocycles. The molecule has 2 heterocycles. The summed E-state index contributed by atoms with van der Waals surface area (Å²) in [6.45, 7) is 0. The number of fused-ring (bicyclic) bond motifs is 6. The second kappa shape index (κ2) is 14.6. The van der Waals surface area contributed by atoms with Crippen LogP contribution in [0.25, 0.3) is 49.3 Å². The molecule has 0 bridgehead atoms. The van der Waals surface area contributed by atoms with Gasteiger partial charge in [0.15, 0.2) is 9.84 Å². The van der Waals surface area contributed by atoms with E-state index in [-0.39, 0.29) is 11.3 Å². The Kier molecular flexibility index (Phi) is 9.64. The van der Waals surface area contributed by atoms with Crippen LogP contribution in [0.2, 0.25) is 5.02 Å². The monoisotopic (exact) mass is 787 g/mol. The highest BCUT2D eigenvalue weighted by atomic mass is 35.5. The van der Waals surface area contributed by atoms with Crippen molar-refractivity contribution in [3.63, 3.8) is 0 Å². The van der Waals surface area contributed by atoms with E-state index in [1.54, 1.807) is 24.5 Å². The van der Waals surface area contributed by atoms with Crippen molar-refractivity contribution < 1.29 is 26.4 Å². The van der Waals surface area contributed by atoms with Gasteiger partial charge in [-0.15, -0.1) is 0 Å². The van der Waals surface area contributed by atoms with Gasteiger partial charge in [0, 0.05) is 40.1 Å². The number of hydrogen-bond donors (Lipinski definition) is 1. The average Bonchev–Trinajstić information content (AvgIpc) is 3.65. The van der Waals surface area contributed by atoms with Crippen LogP contribution in [0.3, 0.4) is 0 Å². The largest absolute Gasteiger partial charge is 0.416 e. The van der Waals surface area contributed by atoms with Gasteiger partial charge >= 0.3 is 6.18 Å². The molecule has 56 heavy (non-hydrogen) atoms. The summed E-state index contributed by atoms with van der Waals surface area (Å²) >= 11 is 6.69. The summed E-state index contributed by atoms with van der Waals surface area (Å²) in [5, 5.41) is 3.95. The first-order chi connectivity index (χ1) is 26.9. The van der Waals surface area contributed by atoms with Gasteiger partial charge in [0.2, 0.25) is 5.91 Å². The zero-order valence-corrected chi connectivity index (χ0v) is 31.2. The molecule has 0 aliphatic heterocycles. The fraction of sp³-hybridized carbons (Fsp3) is 0.111. The number of nitrogens with two attached hydrogens (primary N) is 1. The zero-order chi connectivity index (χ0) is 39.2. The first-order valence-corrected chi connectivity index (χ1v) is 19.8. The minimum atomic E-state index is -4.61. The van der Waals surface area contributed by atoms with E-state index in [1.807, 2.05) is 95.7 Å². The Morgan fingerprint density at radius 1 is 0.786 bits per heavy atom. The Hall–Kier alpha value is -5.97. The Labute approximate surface area is 325 Å². The number of primary amides is 1. The van der Waals surface area contributed by atoms with Crippen LogP contribution in [0.15, 0.2) is 151 Å². The van der Waals surface area contributed by atoms with Gasteiger partial charge in [0.1, 0.15) is 0 Å². The molecule has 8 aromatic rings. The average molecular weight is 788 g/mol. The molecule has 0 radical (unpaired) electrons. The molecule has 1 aliphatic rings. The van der Waals surface area contributed by atoms with Crippen molar-refractivity contribution >= 4 is 54.4 Å². The fourth-order valence-corrected chi connectivity index (χ4v) is 9.80. The molecule has 0 spiro atoms. The van der Waals surface area contributed by atoms with Crippen molar-refractivity contribution in [3.05, 3.63) is 173 Å². The molecule has 280 valence electrons. The van der Waals surface area contributed by atoms with E-state index in [2.05, 4.69) is 11.1 Å². The summed E-state index contributed by atoms with van der Waals surface area (Å²) in [4.78, 5) is 15.3. The van der Waals surface area contributed by atoms with E-state index in [0.717, 1.165) is 78.6 Å². The number of carbonyl (C=O) groups is 1. The highest BCUT2D eigenvalue weighted by Crippen LogP contribution is 2.42. The minimum absolute atomic E-state index is 0.248. The molecule has 1 amide bonds. The summed E-state index contributed by atoms with van der Waals surface area (Å²) in [5.74, 6) is -0.422. The Morgan fingerprint density at radius 3 is 2.34 bits per heavy atom. The predicted octanol–water partition coefficient (Wildman–Crippen LogP) is 10.8. The molecule has 11 heteroatoms. The van der Waals surface area contributed by atoms with Crippen LogP contribution in [-0.4, -0.2) is 29.0 Å². The molecule has 0 saturated heterocycles. The van der Waals surface area contributed by atoms with Gasteiger partial charge in [-0.2, -0.15) is 13.2 Å². The van der Waals surface area contributed by atoms with Crippen molar-refractivity contribution in [2.24, 2.45) is 5.73 Å². The number of halogens is 4. The first-order valence-electron chi connectivity index (χ1n) is 17.8. The molecular weight excluding hydrogens is 755 g/mol. The van der Waals surface area contributed by atoms with Crippen LogP contribution in [0.1, 0.15) is 33.5 Å². The molecule has 0 fully saturated rings. The van der Waals surface area contributed by atoms with Crippen LogP contribution >= 0.6 is 11.6 Å². The van der Waals surface area contributed by atoms with Crippen molar-refractivity contribution in [1.82, 2.24) is 9.38 Å². The number of aromatic nitrogens is 2. The molecule has 6 nitrogen and oxygen atoms in total. The highest BCUT2D eigenvalue weighted by Gasteiger charge is 2.35. The minimum Gasteiger partial charge on any atom is -0.366 e. The Morgan fingerprint density at radius 2 is 1.55 bits per heavy atom. The van der Waals surface area contributed by atoms with E-state index in [4.69, 9.17) is 17.3 Å². The molecule has 2 aromatic heterocycles. The molecule has 1 atom stereocenters. The van der Waals surface area contributed by atoms with Crippen LogP contribution in [0.4, 0.5) is 13.2 Å². The van der Waals surface area contributed by atoms with Crippen LogP contribution in [0, 0.1) is 0 Å². The molecule has 9 rings (SSSR count). The van der Waals surface area contributed by atoms with E-state index in [9.17, 15) is 26.4 Å². The number of alkyl halides is 3. The second-order valence-electron chi connectivity index (χ2n) is 13.7. The summed E-state index contributed by atoms with van der Waals surface area (Å²) in [7, 11) is -3.95. The number of amides is 1. The number of rotatable bonds is 5. The van der Waals surface area contributed by atoms with Gasteiger partial charge in [-0.3, -0.25) is 9.78 Å². The highest BCUT2D eigenvalue weighted by molar-refractivity contribution is 7.92. The lowest BCUT2D eigenvalue weighted by Gasteiger charge is -2.27. The van der Waals surface area contributed by atoms with Gasteiger partial charge in [0.05, 0.1) is 27.4 Å². The van der Waals surface area contributed by atoms with Crippen LogP contribution in [-0.2, 0) is 28.9 Å². The lowest BCUT2D eigenvalue weighted by Crippen LogP contribution is -2.29. The predicted molar refractivity (Wildman–Crippen MR) is 215 cm³/mol. The topological polar surface area (TPSA) is 94.5 Å². The van der Waals surface area contributed by atoms with E-state index < -0.39 is 32.7 Å².